The number of phenolic OH excluding ortho intramolecular Hbond substituents is 1. The zero-order chi connectivity index (χ0) is 14.9. The van der Waals surface area contributed by atoms with Gasteiger partial charge in [0.15, 0.2) is 0 Å². The lowest BCUT2D eigenvalue weighted by Crippen LogP contribution is -2.50. The van der Waals surface area contributed by atoms with Crippen molar-refractivity contribution >= 4 is 15.9 Å². The Bertz CT molecular complexity index is 619. The first-order chi connectivity index (χ1) is 9.29. The minimum Gasteiger partial charge on any atom is -0.508 e. The zero-order valence-electron chi connectivity index (χ0n) is 11.5. The molecular weight excluding hydrogens is 280 g/mol. The smallest absolute Gasteiger partial charge is 0.253 e. The van der Waals surface area contributed by atoms with Crippen molar-refractivity contribution in [2.45, 2.75) is 6.92 Å². The minimum absolute atomic E-state index is 0.138. The molecule has 20 heavy (non-hydrogen) atoms. The minimum atomic E-state index is -3.19. The summed E-state index contributed by atoms with van der Waals surface area (Å²) in [6.07, 6.45) is 1.17. The third-order valence-corrected chi connectivity index (χ3v) is 4.74. The lowest BCUT2D eigenvalue weighted by molar-refractivity contribution is 0.0698. The van der Waals surface area contributed by atoms with E-state index in [0.717, 1.165) is 0 Å². The molecule has 6 nitrogen and oxygen atoms in total. The van der Waals surface area contributed by atoms with Gasteiger partial charge in [0.1, 0.15) is 5.75 Å². The fourth-order valence-corrected chi connectivity index (χ4v) is 3.02. The molecule has 1 aliphatic heterocycles. The average molecular weight is 298 g/mol. The van der Waals surface area contributed by atoms with Crippen molar-refractivity contribution in [3.05, 3.63) is 29.3 Å². The molecular formula is C13H18N2O4S. The van der Waals surface area contributed by atoms with Crippen LogP contribution in [-0.2, 0) is 10.0 Å². The molecule has 0 radical (unpaired) electrons. The van der Waals surface area contributed by atoms with Gasteiger partial charge in [-0.1, -0.05) is 0 Å². The maximum Gasteiger partial charge on any atom is 0.253 e. The number of benzene rings is 1. The molecule has 0 atom stereocenters. The van der Waals surface area contributed by atoms with Crippen molar-refractivity contribution in [3.63, 3.8) is 0 Å². The van der Waals surface area contributed by atoms with E-state index in [0.29, 0.717) is 37.3 Å². The predicted octanol–water partition coefficient (Wildman–Crippen LogP) is 0.418. The molecule has 1 aromatic carbocycles. The summed E-state index contributed by atoms with van der Waals surface area (Å²) >= 11 is 0. The number of carbonyl (C=O) groups is 1. The van der Waals surface area contributed by atoms with Gasteiger partial charge in [0.25, 0.3) is 5.91 Å². The number of phenols is 1. The van der Waals surface area contributed by atoms with Gasteiger partial charge in [0.2, 0.25) is 10.0 Å². The van der Waals surface area contributed by atoms with Crippen molar-refractivity contribution in [2.24, 2.45) is 0 Å². The molecule has 1 aliphatic rings. The summed E-state index contributed by atoms with van der Waals surface area (Å²) in [6, 6.07) is 4.71. The van der Waals surface area contributed by atoms with E-state index in [4.69, 9.17) is 0 Å². The Balaban J connectivity index is 2.07. The van der Waals surface area contributed by atoms with Gasteiger partial charge in [-0.2, -0.15) is 4.31 Å². The van der Waals surface area contributed by atoms with Gasteiger partial charge in [0.05, 0.1) is 6.26 Å². The number of piperazine rings is 1. The van der Waals surface area contributed by atoms with Crippen LogP contribution in [0.15, 0.2) is 18.2 Å². The Labute approximate surface area is 118 Å². The SMILES string of the molecule is Cc1cc(C(=O)N2CCN(S(C)(=O)=O)CC2)ccc1O. The summed E-state index contributed by atoms with van der Waals surface area (Å²) in [6.45, 7) is 3.13. The number of amides is 1. The van der Waals surface area contributed by atoms with Gasteiger partial charge in [0, 0.05) is 31.7 Å². The molecule has 1 N–H and O–H groups in total. The summed E-state index contributed by atoms with van der Waals surface area (Å²) in [5.41, 5.74) is 1.15. The second-order valence-electron chi connectivity index (χ2n) is 4.96. The molecule has 0 unspecified atom stereocenters. The Morgan fingerprint density at radius 2 is 1.80 bits per heavy atom. The van der Waals surface area contributed by atoms with Gasteiger partial charge in [-0.25, -0.2) is 8.42 Å². The van der Waals surface area contributed by atoms with Crippen molar-refractivity contribution in [2.75, 3.05) is 32.4 Å². The van der Waals surface area contributed by atoms with E-state index >= 15 is 0 Å². The third kappa shape index (κ3) is 3.10. The van der Waals surface area contributed by atoms with E-state index in [2.05, 4.69) is 0 Å². The van der Waals surface area contributed by atoms with Crippen LogP contribution < -0.4 is 0 Å². The largest absolute Gasteiger partial charge is 0.508 e. The molecule has 0 spiro atoms. The molecule has 0 bridgehead atoms. The molecule has 2 rings (SSSR count). The van der Waals surface area contributed by atoms with E-state index in [1.807, 2.05) is 0 Å². The molecule has 0 aromatic heterocycles. The third-order valence-electron chi connectivity index (χ3n) is 3.44. The van der Waals surface area contributed by atoms with Crippen LogP contribution in [0.1, 0.15) is 15.9 Å². The first-order valence-electron chi connectivity index (χ1n) is 6.33. The molecule has 0 aliphatic carbocycles. The molecule has 1 saturated heterocycles. The number of aryl methyl sites for hydroxylation is 1. The lowest BCUT2D eigenvalue weighted by Gasteiger charge is -2.33. The van der Waals surface area contributed by atoms with E-state index in [9.17, 15) is 18.3 Å². The van der Waals surface area contributed by atoms with Gasteiger partial charge in [-0.15, -0.1) is 0 Å². The molecule has 1 fully saturated rings. The fourth-order valence-electron chi connectivity index (χ4n) is 2.19. The van der Waals surface area contributed by atoms with Crippen LogP contribution in [0.2, 0.25) is 0 Å². The van der Waals surface area contributed by atoms with Crippen molar-refractivity contribution in [3.8, 4) is 5.75 Å². The second-order valence-corrected chi connectivity index (χ2v) is 6.94. The predicted molar refractivity (Wildman–Crippen MR) is 75.2 cm³/mol. The Kier molecular flexibility index (Phi) is 4.01. The van der Waals surface area contributed by atoms with Crippen LogP contribution in [0.5, 0.6) is 5.75 Å². The maximum absolute atomic E-state index is 12.3. The maximum atomic E-state index is 12.3. The number of hydrogen-bond acceptors (Lipinski definition) is 4. The van der Waals surface area contributed by atoms with Crippen LogP contribution in [0.25, 0.3) is 0 Å². The summed E-state index contributed by atoms with van der Waals surface area (Å²) in [5.74, 6) is 0.0182. The van der Waals surface area contributed by atoms with Crippen LogP contribution in [0.3, 0.4) is 0 Å². The Morgan fingerprint density at radius 1 is 1.20 bits per heavy atom. The van der Waals surface area contributed by atoms with E-state index in [1.54, 1.807) is 24.0 Å². The quantitative estimate of drug-likeness (QED) is 0.858. The standard InChI is InChI=1S/C13H18N2O4S/c1-10-9-11(3-4-12(10)16)13(17)14-5-7-15(8-6-14)20(2,18)19/h3-4,9,16H,5-8H2,1-2H3. The lowest BCUT2D eigenvalue weighted by atomic mass is 10.1. The molecule has 1 heterocycles. The number of aromatic hydroxyl groups is 1. The molecule has 1 amide bonds. The van der Waals surface area contributed by atoms with Gasteiger partial charge >= 0.3 is 0 Å². The summed E-state index contributed by atoms with van der Waals surface area (Å²) < 4.78 is 24.2. The van der Waals surface area contributed by atoms with Crippen LogP contribution in [-0.4, -0.2) is 61.1 Å². The van der Waals surface area contributed by atoms with Crippen LogP contribution in [0.4, 0.5) is 0 Å². The molecule has 0 saturated carbocycles. The second kappa shape index (κ2) is 5.41. The summed E-state index contributed by atoms with van der Waals surface area (Å²) in [5, 5.41) is 9.46. The Hall–Kier alpha value is -1.60. The number of rotatable bonds is 2. The van der Waals surface area contributed by atoms with Gasteiger partial charge in [-0.3, -0.25) is 4.79 Å². The zero-order valence-corrected chi connectivity index (χ0v) is 12.4. The topological polar surface area (TPSA) is 77.9 Å². The van der Waals surface area contributed by atoms with Crippen LogP contribution >= 0.6 is 0 Å². The van der Waals surface area contributed by atoms with Gasteiger partial charge in [-0.05, 0) is 30.7 Å². The fraction of sp³-hybridized carbons (Fsp3) is 0.462. The highest BCUT2D eigenvalue weighted by Crippen LogP contribution is 2.19. The molecule has 7 heteroatoms. The van der Waals surface area contributed by atoms with E-state index < -0.39 is 10.0 Å². The van der Waals surface area contributed by atoms with Crippen molar-refractivity contribution in [1.82, 2.24) is 9.21 Å². The number of carbonyl (C=O) groups excluding carboxylic acids is 1. The first-order valence-corrected chi connectivity index (χ1v) is 8.18. The number of hydrogen-bond donors (Lipinski definition) is 1. The Morgan fingerprint density at radius 3 is 2.30 bits per heavy atom. The summed E-state index contributed by atoms with van der Waals surface area (Å²) in [7, 11) is -3.19. The molecule has 110 valence electrons. The number of sulfonamides is 1. The van der Waals surface area contributed by atoms with E-state index in [-0.39, 0.29) is 11.7 Å². The first kappa shape index (κ1) is 14.8. The highest BCUT2D eigenvalue weighted by Gasteiger charge is 2.26. The number of nitrogens with zero attached hydrogens (tertiary/aromatic N) is 2. The highest BCUT2D eigenvalue weighted by molar-refractivity contribution is 7.88. The summed E-state index contributed by atoms with van der Waals surface area (Å²) in [4.78, 5) is 13.9. The van der Waals surface area contributed by atoms with Crippen LogP contribution in [0, 0.1) is 6.92 Å². The highest BCUT2D eigenvalue weighted by atomic mass is 32.2. The van der Waals surface area contributed by atoms with Crippen molar-refractivity contribution < 1.29 is 18.3 Å². The average Bonchev–Trinajstić information content (AvgIpc) is 2.40. The van der Waals surface area contributed by atoms with Crippen molar-refractivity contribution in [1.29, 1.82) is 0 Å². The normalized spacial score (nSPS) is 17.2. The van der Waals surface area contributed by atoms with Gasteiger partial charge < -0.3 is 10.0 Å². The molecule has 1 aromatic rings. The monoisotopic (exact) mass is 298 g/mol. The van der Waals surface area contributed by atoms with E-state index in [1.165, 1.54) is 16.6 Å².